The van der Waals surface area contributed by atoms with Gasteiger partial charge in [0.15, 0.2) is 5.82 Å². The number of halogens is 1. The van der Waals surface area contributed by atoms with Crippen molar-refractivity contribution >= 4 is 34.4 Å². The molecule has 1 amide bonds. The van der Waals surface area contributed by atoms with Gasteiger partial charge in [-0.1, -0.05) is 54.1 Å². The zero-order valence-corrected chi connectivity index (χ0v) is 22.6. The van der Waals surface area contributed by atoms with Crippen molar-refractivity contribution in [1.29, 1.82) is 0 Å². The summed E-state index contributed by atoms with van der Waals surface area (Å²) in [6.45, 7) is 4.23. The minimum atomic E-state index is -0.433. The van der Waals surface area contributed by atoms with Crippen LogP contribution in [0, 0.1) is 0 Å². The molecule has 9 nitrogen and oxygen atoms in total. The van der Waals surface area contributed by atoms with Crippen molar-refractivity contribution in [3.8, 4) is 11.4 Å². The minimum absolute atomic E-state index is 0.0481. The lowest BCUT2D eigenvalue weighted by Crippen LogP contribution is -2.49. The highest BCUT2D eigenvalue weighted by Gasteiger charge is 2.24. The van der Waals surface area contributed by atoms with Gasteiger partial charge in [-0.25, -0.2) is 9.97 Å². The van der Waals surface area contributed by atoms with E-state index in [1.165, 1.54) is 5.56 Å². The second-order valence-electron chi connectivity index (χ2n) is 9.89. The van der Waals surface area contributed by atoms with Gasteiger partial charge in [-0.2, -0.15) is 0 Å². The summed E-state index contributed by atoms with van der Waals surface area (Å²) in [4.78, 5) is 30.4. The SMILES string of the molecule is NC(CO)CNc1nc(-c2ccccc2)nc2[nH]c(C(=O)N3CCN(CCCc4ccc(Cl)cc4)CC3)cc12. The van der Waals surface area contributed by atoms with Crippen molar-refractivity contribution in [2.45, 2.75) is 18.9 Å². The third kappa shape index (κ3) is 6.75. The fourth-order valence-electron chi connectivity index (χ4n) is 4.77. The van der Waals surface area contributed by atoms with Crippen LogP contribution in [0.5, 0.6) is 0 Å². The molecule has 1 atom stereocenters. The summed E-state index contributed by atoms with van der Waals surface area (Å²) < 4.78 is 0. The van der Waals surface area contributed by atoms with Gasteiger partial charge in [0.25, 0.3) is 5.91 Å². The van der Waals surface area contributed by atoms with Gasteiger partial charge in [0.2, 0.25) is 0 Å². The number of aliphatic hydroxyl groups excluding tert-OH is 1. The Hall–Kier alpha value is -3.50. The third-order valence-corrected chi connectivity index (χ3v) is 7.28. The van der Waals surface area contributed by atoms with Crippen LogP contribution >= 0.6 is 11.6 Å². The molecule has 39 heavy (non-hydrogen) atoms. The number of benzene rings is 2. The van der Waals surface area contributed by atoms with Gasteiger partial charge in [0.1, 0.15) is 17.2 Å². The number of nitrogens with one attached hydrogen (secondary N) is 2. The number of aliphatic hydroxyl groups is 1. The first-order valence-corrected chi connectivity index (χ1v) is 13.7. The molecule has 2 aromatic carbocycles. The zero-order valence-electron chi connectivity index (χ0n) is 21.8. The largest absolute Gasteiger partial charge is 0.395 e. The summed E-state index contributed by atoms with van der Waals surface area (Å²) in [6.07, 6.45) is 2.08. The Morgan fingerprint density at radius 3 is 2.54 bits per heavy atom. The highest BCUT2D eigenvalue weighted by atomic mass is 35.5. The quantitative estimate of drug-likeness (QED) is 0.240. The first-order valence-electron chi connectivity index (χ1n) is 13.3. The molecule has 1 aliphatic rings. The number of aromatic amines is 1. The molecule has 2 aromatic heterocycles. The predicted molar refractivity (Wildman–Crippen MR) is 155 cm³/mol. The summed E-state index contributed by atoms with van der Waals surface area (Å²) in [5.74, 6) is 1.06. The number of aromatic nitrogens is 3. The van der Waals surface area contributed by atoms with Crippen LogP contribution in [-0.4, -0.2) is 87.7 Å². The molecule has 3 heterocycles. The fourth-order valence-corrected chi connectivity index (χ4v) is 4.90. The second kappa shape index (κ2) is 12.6. The molecule has 0 bridgehead atoms. The summed E-state index contributed by atoms with van der Waals surface area (Å²) in [7, 11) is 0. The van der Waals surface area contributed by atoms with E-state index in [2.05, 4.69) is 27.3 Å². The second-order valence-corrected chi connectivity index (χ2v) is 10.3. The Morgan fingerprint density at radius 2 is 1.82 bits per heavy atom. The van der Waals surface area contributed by atoms with E-state index in [0.717, 1.165) is 43.1 Å². The van der Waals surface area contributed by atoms with E-state index in [1.54, 1.807) is 6.07 Å². The fraction of sp³-hybridized carbons (Fsp3) is 0.345. The Balaban J connectivity index is 1.25. The monoisotopic (exact) mass is 547 g/mol. The molecule has 0 radical (unpaired) electrons. The highest BCUT2D eigenvalue weighted by Crippen LogP contribution is 2.26. The van der Waals surface area contributed by atoms with Crippen molar-refractivity contribution in [2.75, 3.05) is 51.2 Å². The van der Waals surface area contributed by atoms with Gasteiger partial charge < -0.3 is 26.0 Å². The van der Waals surface area contributed by atoms with Crippen molar-refractivity contribution in [3.05, 3.63) is 76.9 Å². The third-order valence-electron chi connectivity index (χ3n) is 7.03. The van der Waals surface area contributed by atoms with Gasteiger partial charge >= 0.3 is 0 Å². The molecule has 1 saturated heterocycles. The van der Waals surface area contributed by atoms with Crippen molar-refractivity contribution in [3.63, 3.8) is 0 Å². The van der Waals surface area contributed by atoms with E-state index in [0.29, 0.717) is 48.0 Å². The smallest absolute Gasteiger partial charge is 0.270 e. The van der Waals surface area contributed by atoms with Crippen LogP contribution in [0.1, 0.15) is 22.5 Å². The Morgan fingerprint density at radius 1 is 1.08 bits per heavy atom. The number of amides is 1. The number of nitrogens with zero attached hydrogens (tertiary/aromatic N) is 4. The lowest BCUT2D eigenvalue weighted by Gasteiger charge is -2.34. The molecule has 0 saturated carbocycles. The Kier molecular flexibility index (Phi) is 8.73. The predicted octanol–water partition coefficient (Wildman–Crippen LogP) is 3.40. The average Bonchev–Trinajstić information content (AvgIpc) is 3.42. The van der Waals surface area contributed by atoms with E-state index in [9.17, 15) is 9.90 Å². The van der Waals surface area contributed by atoms with Crippen LogP contribution in [0.3, 0.4) is 0 Å². The topological polar surface area (TPSA) is 123 Å². The lowest BCUT2D eigenvalue weighted by molar-refractivity contribution is 0.0631. The summed E-state index contributed by atoms with van der Waals surface area (Å²) in [6, 6.07) is 19.1. The zero-order chi connectivity index (χ0) is 27.2. The van der Waals surface area contributed by atoms with Gasteiger partial charge in [0.05, 0.1) is 12.0 Å². The maximum absolute atomic E-state index is 13.4. The van der Waals surface area contributed by atoms with E-state index in [-0.39, 0.29) is 12.5 Å². The van der Waals surface area contributed by atoms with E-state index in [4.69, 9.17) is 27.3 Å². The molecule has 1 aliphatic heterocycles. The van der Waals surface area contributed by atoms with Crippen molar-refractivity contribution < 1.29 is 9.90 Å². The van der Waals surface area contributed by atoms with Crippen LogP contribution in [0.15, 0.2) is 60.7 Å². The van der Waals surface area contributed by atoms with E-state index < -0.39 is 6.04 Å². The Labute approximate surface area is 233 Å². The number of fused-ring (bicyclic) bond motifs is 1. The first kappa shape index (κ1) is 27.1. The summed E-state index contributed by atoms with van der Waals surface area (Å²) in [5, 5.41) is 14.0. The minimum Gasteiger partial charge on any atom is -0.395 e. The van der Waals surface area contributed by atoms with Crippen LogP contribution in [0.25, 0.3) is 22.4 Å². The molecule has 5 rings (SSSR count). The van der Waals surface area contributed by atoms with Crippen molar-refractivity contribution in [1.82, 2.24) is 24.8 Å². The number of piperazine rings is 1. The van der Waals surface area contributed by atoms with Crippen LogP contribution < -0.4 is 11.1 Å². The summed E-state index contributed by atoms with van der Waals surface area (Å²) in [5.41, 5.74) is 9.12. The molecular weight excluding hydrogens is 514 g/mol. The van der Waals surface area contributed by atoms with Gasteiger partial charge in [-0.3, -0.25) is 9.69 Å². The number of anilines is 1. The molecule has 0 spiro atoms. The first-order chi connectivity index (χ1) is 19.0. The molecule has 204 valence electrons. The number of carbonyl (C=O) groups excluding carboxylic acids is 1. The van der Waals surface area contributed by atoms with Crippen molar-refractivity contribution in [2.24, 2.45) is 5.73 Å². The van der Waals surface area contributed by atoms with Crippen LogP contribution in [0.4, 0.5) is 5.82 Å². The molecule has 1 fully saturated rings. The average molecular weight is 548 g/mol. The van der Waals surface area contributed by atoms with E-state index >= 15 is 0 Å². The Bertz CT molecular complexity index is 1390. The van der Waals surface area contributed by atoms with E-state index in [1.807, 2.05) is 47.4 Å². The van der Waals surface area contributed by atoms with Crippen LogP contribution in [-0.2, 0) is 6.42 Å². The van der Waals surface area contributed by atoms with Gasteiger partial charge in [-0.15, -0.1) is 0 Å². The number of nitrogens with two attached hydrogens (primary N) is 1. The molecule has 0 aliphatic carbocycles. The maximum atomic E-state index is 13.4. The molecule has 10 heteroatoms. The number of hydrogen-bond donors (Lipinski definition) is 4. The number of aryl methyl sites for hydroxylation is 1. The van der Waals surface area contributed by atoms with Crippen LogP contribution in [0.2, 0.25) is 5.02 Å². The number of rotatable bonds is 10. The molecule has 4 aromatic rings. The van der Waals surface area contributed by atoms with Gasteiger partial charge in [0, 0.05) is 49.4 Å². The normalized spacial score (nSPS) is 15.0. The summed E-state index contributed by atoms with van der Waals surface area (Å²) >= 11 is 5.98. The molecular formula is C29H34ClN7O2. The highest BCUT2D eigenvalue weighted by molar-refractivity contribution is 6.30. The lowest BCUT2D eigenvalue weighted by atomic mass is 10.1. The molecule has 5 N–H and O–H groups in total. The number of carbonyl (C=O) groups is 1. The number of hydrogen-bond acceptors (Lipinski definition) is 7. The maximum Gasteiger partial charge on any atom is 0.270 e. The molecule has 1 unspecified atom stereocenters. The standard InChI is InChI=1S/C29H34ClN7O2/c30-22-10-8-20(9-11-22)5-4-12-36-13-15-37(16-14-36)29(39)25-17-24-27(32-18-23(31)19-38)34-26(35-28(24)33-25)21-6-2-1-3-7-21/h1-3,6-11,17,23,38H,4-5,12-16,18-19,31H2,(H2,32,33,34,35). The number of H-pyrrole nitrogens is 1. The van der Waals surface area contributed by atoms with Gasteiger partial charge in [-0.05, 0) is 43.1 Å².